The summed E-state index contributed by atoms with van der Waals surface area (Å²) in [6.07, 6.45) is 6.24. The van der Waals surface area contributed by atoms with Crippen molar-refractivity contribution in [3.05, 3.63) is 40.9 Å². The van der Waals surface area contributed by atoms with Gasteiger partial charge in [0.1, 0.15) is 5.01 Å². The lowest BCUT2D eigenvalue weighted by atomic mass is 10.1. The van der Waals surface area contributed by atoms with Crippen LogP contribution >= 0.6 is 11.3 Å². The Balaban J connectivity index is 1.52. The molecule has 0 bridgehead atoms. The number of rotatable bonds is 5. The number of anilines is 1. The van der Waals surface area contributed by atoms with Crippen LogP contribution in [0.25, 0.3) is 0 Å². The number of hydrogen-bond acceptors (Lipinski definition) is 4. The molecule has 1 N–H and O–H groups in total. The first kappa shape index (κ1) is 15.9. The monoisotopic (exact) mass is 330 g/mol. The molecule has 6 heteroatoms. The summed E-state index contributed by atoms with van der Waals surface area (Å²) in [5.74, 6) is 0.743. The lowest BCUT2D eigenvalue weighted by Crippen LogP contribution is -2.30. The molecule has 1 aromatic carbocycles. The summed E-state index contributed by atoms with van der Waals surface area (Å²) in [6.45, 7) is 0.570. The quantitative estimate of drug-likeness (QED) is 0.903. The third kappa shape index (κ3) is 4.51. The summed E-state index contributed by atoms with van der Waals surface area (Å²) in [6, 6.07) is 9.78. The van der Waals surface area contributed by atoms with Crippen molar-refractivity contribution in [2.75, 3.05) is 12.4 Å². The Morgan fingerprint density at radius 1 is 1.26 bits per heavy atom. The minimum atomic E-state index is -0.155. The fraction of sp³-hybridized carbons (Fsp3) is 0.471. The Bertz CT molecular complexity index is 637. The molecule has 1 heterocycles. The summed E-state index contributed by atoms with van der Waals surface area (Å²) >= 11 is 1.49. The van der Waals surface area contributed by atoms with Crippen LogP contribution in [0.15, 0.2) is 30.3 Å². The molecule has 1 aliphatic rings. The van der Waals surface area contributed by atoms with E-state index in [-0.39, 0.29) is 6.03 Å². The first-order valence-electron chi connectivity index (χ1n) is 8.09. The molecular weight excluding hydrogens is 308 g/mol. The molecule has 1 aromatic heterocycles. The maximum absolute atomic E-state index is 12.2. The van der Waals surface area contributed by atoms with Crippen LogP contribution < -0.4 is 5.32 Å². The number of urea groups is 1. The zero-order valence-corrected chi connectivity index (χ0v) is 14.2. The molecule has 2 aromatic rings. The highest BCUT2D eigenvalue weighted by molar-refractivity contribution is 7.15. The number of hydrogen-bond donors (Lipinski definition) is 1. The van der Waals surface area contributed by atoms with Crippen LogP contribution in [-0.2, 0) is 13.0 Å². The molecule has 23 heavy (non-hydrogen) atoms. The molecule has 122 valence electrons. The van der Waals surface area contributed by atoms with E-state index in [9.17, 15) is 4.79 Å². The van der Waals surface area contributed by atoms with Crippen LogP contribution in [-0.4, -0.2) is 28.2 Å². The van der Waals surface area contributed by atoms with Crippen LogP contribution in [0.3, 0.4) is 0 Å². The lowest BCUT2D eigenvalue weighted by molar-refractivity contribution is 0.220. The molecule has 1 saturated carbocycles. The molecule has 1 aliphatic carbocycles. The van der Waals surface area contributed by atoms with E-state index < -0.39 is 0 Å². The number of nitrogens with one attached hydrogen (secondary N) is 1. The van der Waals surface area contributed by atoms with Gasteiger partial charge in [-0.05, 0) is 11.5 Å². The fourth-order valence-corrected chi connectivity index (χ4v) is 3.81. The van der Waals surface area contributed by atoms with Gasteiger partial charge in [0.25, 0.3) is 0 Å². The normalized spacial score (nSPS) is 14.8. The van der Waals surface area contributed by atoms with Crippen LogP contribution in [0.4, 0.5) is 9.93 Å². The number of nitrogens with zero attached hydrogens (tertiary/aromatic N) is 3. The van der Waals surface area contributed by atoms with Crippen LogP contribution in [0.5, 0.6) is 0 Å². The van der Waals surface area contributed by atoms with Gasteiger partial charge in [-0.2, -0.15) is 0 Å². The zero-order chi connectivity index (χ0) is 16.1. The Morgan fingerprint density at radius 2 is 2.00 bits per heavy atom. The molecule has 0 aliphatic heterocycles. The minimum absolute atomic E-state index is 0.155. The zero-order valence-electron chi connectivity index (χ0n) is 13.4. The highest BCUT2D eigenvalue weighted by Gasteiger charge is 2.18. The number of amides is 2. The standard InChI is InChI=1S/C17H22N4OS/c1-21(12-14-9-3-2-4-10-14)17(22)18-16-20-19-15(23-16)11-13-7-5-6-8-13/h2-4,9-10,13H,5-8,11-12H2,1H3,(H,18,20,22). The molecule has 2 amide bonds. The number of benzene rings is 1. The Kier molecular flexibility index (Phi) is 5.23. The molecular formula is C17H22N4OS. The Hall–Kier alpha value is -1.95. The van der Waals surface area contributed by atoms with Crippen LogP contribution in [0.1, 0.15) is 36.3 Å². The molecule has 0 saturated heterocycles. The van der Waals surface area contributed by atoms with Crippen molar-refractivity contribution in [2.24, 2.45) is 5.92 Å². The van der Waals surface area contributed by atoms with E-state index in [1.165, 1.54) is 37.0 Å². The summed E-state index contributed by atoms with van der Waals surface area (Å²) in [5.41, 5.74) is 1.10. The van der Waals surface area contributed by atoms with Crippen LogP contribution in [0.2, 0.25) is 0 Å². The van der Waals surface area contributed by atoms with E-state index in [4.69, 9.17) is 0 Å². The van der Waals surface area contributed by atoms with Crippen molar-refractivity contribution >= 4 is 22.5 Å². The molecule has 0 atom stereocenters. The summed E-state index contributed by atoms with van der Waals surface area (Å²) in [4.78, 5) is 13.9. The van der Waals surface area contributed by atoms with Gasteiger partial charge in [0.05, 0.1) is 0 Å². The molecule has 1 fully saturated rings. The molecule has 0 unspecified atom stereocenters. The minimum Gasteiger partial charge on any atom is -0.323 e. The van der Waals surface area contributed by atoms with E-state index in [1.54, 1.807) is 11.9 Å². The SMILES string of the molecule is CN(Cc1ccccc1)C(=O)Nc1nnc(CC2CCCC2)s1. The highest BCUT2D eigenvalue weighted by atomic mass is 32.1. The predicted molar refractivity (Wildman–Crippen MR) is 92.5 cm³/mol. The van der Waals surface area contributed by atoms with Gasteiger partial charge < -0.3 is 4.90 Å². The van der Waals surface area contributed by atoms with Gasteiger partial charge in [-0.15, -0.1) is 10.2 Å². The van der Waals surface area contributed by atoms with E-state index in [0.717, 1.165) is 22.9 Å². The van der Waals surface area contributed by atoms with Crippen molar-refractivity contribution in [1.29, 1.82) is 0 Å². The summed E-state index contributed by atoms with van der Waals surface area (Å²) in [7, 11) is 1.78. The lowest BCUT2D eigenvalue weighted by Gasteiger charge is -2.16. The van der Waals surface area contributed by atoms with Gasteiger partial charge in [-0.1, -0.05) is 67.4 Å². The second kappa shape index (κ2) is 7.55. The third-order valence-corrected chi connectivity index (χ3v) is 5.09. The molecule has 0 spiro atoms. The largest absolute Gasteiger partial charge is 0.323 e. The van der Waals surface area contributed by atoms with Gasteiger partial charge in [-0.3, -0.25) is 5.32 Å². The number of aromatic nitrogens is 2. The average molecular weight is 330 g/mol. The van der Waals surface area contributed by atoms with E-state index in [2.05, 4.69) is 15.5 Å². The third-order valence-electron chi connectivity index (χ3n) is 4.23. The average Bonchev–Trinajstić information content (AvgIpc) is 3.21. The molecule has 3 rings (SSSR count). The van der Waals surface area contributed by atoms with Gasteiger partial charge in [0.2, 0.25) is 5.13 Å². The second-order valence-corrected chi connectivity index (χ2v) is 7.19. The van der Waals surface area contributed by atoms with Crippen molar-refractivity contribution in [2.45, 2.75) is 38.6 Å². The topological polar surface area (TPSA) is 58.1 Å². The Morgan fingerprint density at radius 3 is 2.74 bits per heavy atom. The summed E-state index contributed by atoms with van der Waals surface area (Å²) in [5, 5.41) is 12.8. The Labute approximate surface area is 140 Å². The van der Waals surface area contributed by atoms with Gasteiger partial charge in [0.15, 0.2) is 0 Å². The fourth-order valence-electron chi connectivity index (χ4n) is 2.96. The second-order valence-electron chi connectivity index (χ2n) is 6.13. The van der Waals surface area contributed by atoms with Gasteiger partial charge in [-0.25, -0.2) is 4.79 Å². The maximum atomic E-state index is 12.2. The summed E-state index contributed by atoms with van der Waals surface area (Å²) < 4.78 is 0. The van der Waals surface area contributed by atoms with Crippen molar-refractivity contribution in [3.8, 4) is 0 Å². The van der Waals surface area contributed by atoms with Crippen LogP contribution in [0, 0.1) is 5.92 Å². The first-order valence-corrected chi connectivity index (χ1v) is 8.91. The van der Waals surface area contributed by atoms with Gasteiger partial charge >= 0.3 is 6.03 Å². The molecule has 5 nitrogen and oxygen atoms in total. The maximum Gasteiger partial charge on any atom is 0.323 e. The van der Waals surface area contributed by atoms with E-state index in [1.807, 2.05) is 30.3 Å². The number of carbonyl (C=O) groups excluding carboxylic acids is 1. The highest BCUT2D eigenvalue weighted by Crippen LogP contribution is 2.29. The van der Waals surface area contributed by atoms with E-state index >= 15 is 0 Å². The predicted octanol–water partition coefficient (Wildman–Crippen LogP) is 3.93. The van der Waals surface area contributed by atoms with E-state index in [0.29, 0.717) is 11.7 Å². The van der Waals surface area contributed by atoms with Crippen molar-refractivity contribution < 1.29 is 4.79 Å². The number of carbonyl (C=O) groups is 1. The first-order chi connectivity index (χ1) is 11.2. The smallest absolute Gasteiger partial charge is 0.323 e. The van der Waals surface area contributed by atoms with Crippen molar-refractivity contribution in [3.63, 3.8) is 0 Å². The van der Waals surface area contributed by atoms with Crippen molar-refractivity contribution in [1.82, 2.24) is 15.1 Å². The van der Waals surface area contributed by atoms with Gasteiger partial charge in [0, 0.05) is 20.0 Å². The molecule has 0 radical (unpaired) electrons.